The number of nitrogens with one attached hydrogen (secondary N) is 1. The summed E-state index contributed by atoms with van der Waals surface area (Å²) < 4.78 is 5.61. The van der Waals surface area contributed by atoms with Crippen LogP contribution in [0.25, 0.3) is 0 Å². The average molecular weight is 282 g/mol. The largest absolute Gasteiger partial charge is 0.372 e. The number of amides is 2. The van der Waals surface area contributed by atoms with Crippen LogP contribution >= 0.6 is 11.3 Å². The van der Waals surface area contributed by atoms with Gasteiger partial charge in [0.15, 0.2) is 0 Å². The van der Waals surface area contributed by atoms with E-state index in [1.165, 1.54) is 18.3 Å². The van der Waals surface area contributed by atoms with Crippen molar-refractivity contribution < 1.29 is 14.3 Å². The van der Waals surface area contributed by atoms with Gasteiger partial charge in [0.2, 0.25) is 5.91 Å². The molecule has 0 bridgehead atoms. The van der Waals surface area contributed by atoms with Crippen molar-refractivity contribution in [1.82, 2.24) is 4.90 Å². The maximum absolute atomic E-state index is 12.4. The van der Waals surface area contributed by atoms with Crippen molar-refractivity contribution in [2.75, 3.05) is 18.4 Å². The minimum Gasteiger partial charge on any atom is -0.372 e. The molecule has 2 heterocycles. The lowest BCUT2D eigenvalue weighted by molar-refractivity contribution is -0.114. The molecule has 1 N–H and O–H groups in total. The van der Waals surface area contributed by atoms with Gasteiger partial charge in [-0.1, -0.05) is 0 Å². The van der Waals surface area contributed by atoms with Crippen LogP contribution < -0.4 is 5.32 Å². The fourth-order valence-electron chi connectivity index (χ4n) is 2.19. The van der Waals surface area contributed by atoms with Crippen molar-refractivity contribution >= 4 is 28.2 Å². The number of ether oxygens (including phenoxy) is 1. The zero-order chi connectivity index (χ0) is 14.0. The van der Waals surface area contributed by atoms with Crippen molar-refractivity contribution in [3.8, 4) is 0 Å². The molecule has 2 amide bonds. The maximum Gasteiger partial charge on any atom is 0.264 e. The third kappa shape index (κ3) is 3.54. The summed E-state index contributed by atoms with van der Waals surface area (Å²) >= 11 is 1.30. The second-order valence-corrected chi connectivity index (χ2v) is 5.90. The summed E-state index contributed by atoms with van der Waals surface area (Å²) in [7, 11) is 0. The summed E-state index contributed by atoms with van der Waals surface area (Å²) in [6.45, 7) is 6.60. The van der Waals surface area contributed by atoms with Crippen LogP contribution in [0.15, 0.2) is 12.1 Å². The molecule has 19 heavy (non-hydrogen) atoms. The first-order valence-electron chi connectivity index (χ1n) is 6.28. The van der Waals surface area contributed by atoms with E-state index in [0.717, 1.165) is 0 Å². The molecule has 1 fully saturated rings. The Morgan fingerprint density at radius 2 is 1.95 bits per heavy atom. The van der Waals surface area contributed by atoms with Gasteiger partial charge in [-0.05, 0) is 26.0 Å². The molecule has 2 atom stereocenters. The van der Waals surface area contributed by atoms with Crippen molar-refractivity contribution in [2.45, 2.75) is 33.0 Å². The van der Waals surface area contributed by atoms with Crippen molar-refractivity contribution in [3.63, 3.8) is 0 Å². The molecule has 0 spiro atoms. The van der Waals surface area contributed by atoms with Gasteiger partial charge in [0.05, 0.1) is 22.1 Å². The summed E-state index contributed by atoms with van der Waals surface area (Å²) in [6.07, 6.45) is 0.116. The molecule has 0 unspecified atom stereocenters. The van der Waals surface area contributed by atoms with E-state index in [9.17, 15) is 9.59 Å². The highest BCUT2D eigenvalue weighted by atomic mass is 32.1. The van der Waals surface area contributed by atoms with E-state index in [1.54, 1.807) is 12.1 Å². The highest BCUT2D eigenvalue weighted by Gasteiger charge is 2.27. The van der Waals surface area contributed by atoms with Crippen LogP contribution in [0.2, 0.25) is 0 Å². The molecule has 1 saturated heterocycles. The fraction of sp³-hybridized carbons (Fsp3) is 0.538. The van der Waals surface area contributed by atoms with Gasteiger partial charge in [-0.15, -0.1) is 11.3 Å². The molecule has 0 aromatic carbocycles. The highest BCUT2D eigenvalue weighted by molar-refractivity contribution is 7.18. The van der Waals surface area contributed by atoms with Crippen LogP contribution in [-0.4, -0.2) is 42.0 Å². The first-order valence-corrected chi connectivity index (χ1v) is 7.09. The van der Waals surface area contributed by atoms with Gasteiger partial charge in [-0.3, -0.25) is 9.59 Å². The Labute approximate surface area is 116 Å². The number of hydrogen-bond donors (Lipinski definition) is 1. The van der Waals surface area contributed by atoms with Gasteiger partial charge in [-0.2, -0.15) is 0 Å². The van der Waals surface area contributed by atoms with Crippen LogP contribution in [-0.2, 0) is 9.53 Å². The van der Waals surface area contributed by atoms with Gasteiger partial charge in [-0.25, -0.2) is 0 Å². The zero-order valence-electron chi connectivity index (χ0n) is 11.3. The van der Waals surface area contributed by atoms with Gasteiger partial charge in [0.25, 0.3) is 5.91 Å². The van der Waals surface area contributed by atoms with Gasteiger partial charge in [0, 0.05) is 20.0 Å². The second kappa shape index (κ2) is 5.71. The number of carbonyl (C=O) groups excluding carboxylic acids is 2. The maximum atomic E-state index is 12.4. The third-order valence-corrected chi connectivity index (χ3v) is 3.81. The first-order chi connectivity index (χ1) is 8.95. The fourth-order valence-corrected chi connectivity index (χ4v) is 3.11. The van der Waals surface area contributed by atoms with E-state index < -0.39 is 0 Å². The van der Waals surface area contributed by atoms with Crippen LogP contribution in [0.5, 0.6) is 0 Å². The topological polar surface area (TPSA) is 58.6 Å². The zero-order valence-corrected chi connectivity index (χ0v) is 12.1. The van der Waals surface area contributed by atoms with Crippen LogP contribution in [0, 0.1) is 0 Å². The van der Waals surface area contributed by atoms with E-state index in [1.807, 2.05) is 18.7 Å². The number of carbonyl (C=O) groups is 2. The quantitative estimate of drug-likeness (QED) is 0.902. The lowest BCUT2D eigenvalue weighted by Gasteiger charge is -2.35. The molecule has 5 nitrogen and oxygen atoms in total. The van der Waals surface area contributed by atoms with Crippen LogP contribution in [0.1, 0.15) is 30.4 Å². The molecule has 2 rings (SSSR count). The molecular formula is C13H18N2O3S. The molecule has 0 radical (unpaired) electrons. The SMILES string of the molecule is CC(=O)Nc1ccc(C(=O)N2C[C@@H](C)O[C@@H](C)C2)s1. The summed E-state index contributed by atoms with van der Waals surface area (Å²) in [6, 6.07) is 3.51. The van der Waals surface area contributed by atoms with Crippen molar-refractivity contribution in [2.24, 2.45) is 0 Å². The Kier molecular flexibility index (Phi) is 4.21. The van der Waals surface area contributed by atoms with E-state index in [0.29, 0.717) is 23.0 Å². The Morgan fingerprint density at radius 3 is 2.53 bits per heavy atom. The van der Waals surface area contributed by atoms with E-state index >= 15 is 0 Å². The lowest BCUT2D eigenvalue weighted by Crippen LogP contribution is -2.48. The summed E-state index contributed by atoms with van der Waals surface area (Å²) in [5.41, 5.74) is 0. The predicted molar refractivity (Wildman–Crippen MR) is 74.5 cm³/mol. The Balaban J connectivity index is 2.06. The van der Waals surface area contributed by atoms with Crippen molar-refractivity contribution in [1.29, 1.82) is 0 Å². The van der Waals surface area contributed by atoms with Gasteiger partial charge < -0.3 is 15.0 Å². The molecule has 1 aliphatic rings. The normalized spacial score (nSPS) is 23.2. The number of anilines is 1. The summed E-state index contributed by atoms with van der Waals surface area (Å²) in [5, 5.41) is 3.38. The Bertz CT molecular complexity index is 476. The van der Waals surface area contributed by atoms with E-state index in [4.69, 9.17) is 4.74 Å². The molecular weight excluding hydrogens is 264 g/mol. The predicted octanol–water partition coefficient (Wildman–Crippen LogP) is 1.96. The average Bonchev–Trinajstić information content (AvgIpc) is 2.74. The molecule has 1 aliphatic heterocycles. The smallest absolute Gasteiger partial charge is 0.264 e. The minimum atomic E-state index is -0.130. The molecule has 1 aromatic rings. The van der Waals surface area contributed by atoms with Gasteiger partial charge in [0.1, 0.15) is 0 Å². The third-order valence-electron chi connectivity index (χ3n) is 2.82. The van der Waals surface area contributed by atoms with Gasteiger partial charge >= 0.3 is 0 Å². The number of morpholine rings is 1. The lowest BCUT2D eigenvalue weighted by atomic mass is 10.2. The van der Waals surface area contributed by atoms with Crippen LogP contribution in [0.4, 0.5) is 5.00 Å². The van der Waals surface area contributed by atoms with E-state index in [2.05, 4.69) is 5.32 Å². The molecule has 1 aromatic heterocycles. The van der Waals surface area contributed by atoms with Crippen molar-refractivity contribution in [3.05, 3.63) is 17.0 Å². The second-order valence-electron chi connectivity index (χ2n) is 4.81. The van der Waals surface area contributed by atoms with Crippen LogP contribution in [0.3, 0.4) is 0 Å². The molecule has 6 heteroatoms. The number of hydrogen-bond acceptors (Lipinski definition) is 4. The summed E-state index contributed by atoms with van der Waals surface area (Å²) in [5.74, 6) is -0.127. The number of rotatable bonds is 2. The Morgan fingerprint density at radius 1 is 1.32 bits per heavy atom. The highest BCUT2D eigenvalue weighted by Crippen LogP contribution is 2.24. The number of nitrogens with zero attached hydrogens (tertiary/aromatic N) is 1. The minimum absolute atomic E-state index is 0.00334. The van der Waals surface area contributed by atoms with E-state index in [-0.39, 0.29) is 24.0 Å². The molecule has 0 aliphatic carbocycles. The first kappa shape index (κ1) is 14.0. The monoisotopic (exact) mass is 282 g/mol. The molecule has 104 valence electrons. The number of thiophene rings is 1. The standard InChI is InChI=1S/C13H18N2O3S/c1-8-6-15(7-9(2)18-8)13(17)11-4-5-12(19-11)14-10(3)16/h4-5,8-9H,6-7H2,1-3H3,(H,14,16)/t8-,9+. The Hall–Kier alpha value is -1.40. The summed E-state index contributed by atoms with van der Waals surface area (Å²) in [4.78, 5) is 25.8. The molecule has 0 saturated carbocycles.